The van der Waals surface area contributed by atoms with E-state index in [0.717, 1.165) is 19.3 Å². The molecule has 0 aliphatic heterocycles. The van der Waals surface area contributed by atoms with E-state index in [-0.39, 0.29) is 35.5 Å². The van der Waals surface area contributed by atoms with Gasteiger partial charge in [0.1, 0.15) is 11.9 Å². The molecule has 4 bridgehead atoms. The third-order valence-electron chi connectivity index (χ3n) is 7.17. The van der Waals surface area contributed by atoms with Gasteiger partial charge < -0.3 is 10.6 Å². The third-order valence-corrected chi connectivity index (χ3v) is 7.17. The molecule has 0 spiro atoms. The molecule has 4 saturated carbocycles. The Labute approximate surface area is 166 Å². The van der Waals surface area contributed by atoms with E-state index in [2.05, 4.69) is 10.6 Å². The van der Waals surface area contributed by atoms with Gasteiger partial charge >= 0.3 is 0 Å². The Morgan fingerprint density at radius 3 is 2.18 bits per heavy atom. The molecule has 5 rings (SSSR count). The monoisotopic (exact) mass is 386 g/mol. The predicted octanol–water partition coefficient (Wildman–Crippen LogP) is 3.80. The molecule has 1 atom stereocenters. The summed E-state index contributed by atoms with van der Waals surface area (Å²) >= 11 is 0. The van der Waals surface area contributed by atoms with Crippen molar-refractivity contribution in [1.29, 1.82) is 0 Å². The molecule has 2 amide bonds. The number of carbonyl (C=O) groups is 2. The highest BCUT2D eigenvalue weighted by molar-refractivity contribution is 5.90. The quantitative estimate of drug-likeness (QED) is 0.781. The lowest BCUT2D eigenvalue weighted by Gasteiger charge is -2.55. The molecule has 4 fully saturated rings. The molecule has 152 valence electrons. The highest BCUT2D eigenvalue weighted by Gasteiger charge is 2.55. The number of rotatable bonds is 6. The largest absolute Gasteiger partial charge is 0.350 e. The third kappa shape index (κ3) is 3.68. The lowest BCUT2D eigenvalue weighted by atomic mass is 9.49. The summed E-state index contributed by atoms with van der Waals surface area (Å²) in [5.74, 6) is 1.51. The van der Waals surface area contributed by atoms with E-state index < -0.39 is 6.04 Å². The molecule has 2 N–H and O–H groups in total. The van der Waals surface area contributed by atoms with Crippen LogP contribution in [-0.4, -0.2) is 17.9 Å². The van der Waals surface area contributed by atoms with E-state index in [1.54, 1.807) is 18.2 Å². The number of nitrogens with one attached hydrogen (secondary N) is 2. The lowest BCUT2D eigenvalue weighted by molar-refractivity contribution is -0.149. The average Bonchev–Trinajstić information content (AvgIpc) is 2.63. The zero-order valence-electron chi connectivity index (χ0n) is 16.8. The van der Waals surface area contributed by atoms with Crippen LogP contribution < -0.4 is 10.6 Å². The summed E-state index contributed by atoms with van der Waals surface area (Å²) in [6.07, 6.45) is 6.78. The topological polar surface area (TPSA) is 58.2 Å². The molecule has 0 aromatic heterocycles. The minimum Gasteiger partial charge on any atom is -0.350 e. The van der Waals surface area contributed by atoms with Crippen LogP contribution in [0.2, 0.25) is 0 Å². The van der Waals surface area contributed by atoms with Crippen LogP contribution in [0, 0.1) is 34.9 Å². The van der Waals surface area contributed by atoms with Crippen LogP contribution in [0.3, 0.4) is 0 Å². The van der Waals surface area contributed by atoms with Crippen molar-refractivity contribution >= 4 is 11.8 Å². The van der Waals surface area contributed by atoms with Gasteiger partial charge in [0, 0.05) is 17.5 Å². The van der Waals surface area contributed by atoms with E-state index in [0.29, 0.717) is 23.3 Å². The number of halogens is 1. The van der Waals surface area contributed by atoms with E-state index in [9.17, 15) is 14.0 Å². The van der Waals surface area contributed by atoms with E-state index in [4.69, 9.17) is 0 Å². The van der Waals surface area contributed by atoms with Gasteiger partial charge in [0.25, 0.3) is 0 Å². The van der Waals surface area contributed by atoms with Crippen molar-refractivity contribution in [2.45, 2.75) is 65.0 Å². The highest BCUT2D eigenvalue weighted by Crippen LogP contribution is 2.60. The predicted molar refractivity (Wildman–Crippen MR) is 106 cm³/mol. The second kappa shape index (κ2) is 7.49. The normalized spacial score (nSPS) is 31.6. The smallest absolute Gasteiger partial charge is 0.243 e. The minimum atomic E-state index is -0.590. The van der Waals surface area contributed by atoms with Crippen LogP contribution in [0.1, 0.15) is 57.9 Å². The van der Waals surface area contributed by atoms with E-state index in [1.165, 1.54) is 25.3 Å². The zero-order chi connectivity index (χ0) is 19.9. The number of carbonyl (C=O) groups excluding carboxylic acids is 2. The van der Waals surface area contributed by atoms with Gasteiger partial charge in [0.15, 0.2) is 0 Å². The first kappa shape index (κ1) is 19.4. The van der Waals surface area contributed by atoms with E-state index >= 15 is 0 Å². The number of hydrogen-bond acceptors (Lipinski definition) is 2. The second-order valence-electron chi connectivity index (χ2n) is 9.70. The number of amides is 2. The fraction of sp³-hybridized carbons (Fsp3) is 0.652. The van der Waals surface area contributed by atoms with Crippen LogP contribution in [0.4, 0.5) is 4.39 Å². The van der Waals surface area contributed by atoms with Crippen LogP contribution in [-0.2, 0) is 16.1 Å². The Hall–Kier alpha value is -1.91. The summed E-state index contributed by atoms with van der Waals surface area (Å²) in [6.45, 7) is 4.00. The van der Waals surface area contributed by atoms with Crippen LogP contribution in [0.15, 0.2) is 24.3 Å². The molecule has 4 aliphatic carbocycles. The molecule has 0 unspecified atom stereocenters. The van der Waals surface area contributed by atoms with Crippen molar-refractivity contribution in [2.75, 3.05) is 0 Å². The van der Waals surface area contributed by atoms with Gasteiger partial charge in [0.2, 0.25) is 11.8 Å². The maximum absolute atomic E-state index is 13.8. The maximum atomic E-state index is 13.8. The molecular weight excluding hydrogens is 355 g/mol. The SMILES string of the molecule is CC(C)[C@H](NC(=O)C12CC3CC(CC(C3)C1)C2)C(=O)NCc1ccccc1F. The van der Waals surface area contributed by atoms with Crippen molar-refractivity contribution in [3.8, 4) is 0 Å². The first-order valence-corrected chi connectivity index (χ1v) is 10.7. The van der Waals surface area contributed by atoms with Crippen molar-refractivity contribution < 1.29 is 14.0 Å². The van der Waals surface area contributed by atoms with Gasteiger partial charge in [-0.1, -0.05) is 32.0 Å². The highest BCUT2D eigenvalue weighted by atomic mass is 19.1. The summed E-state index contributed by atoms with van der Waals surface area (Å²) in [5.41, 5.74) is 0.180. The molecule has 28 heavy (non-hydrogen) atoms. The van der Waals surface area contributed by atoms with Crippen LogP contribution >= 0.6 is 0 Å². The lowest BCUT2D eigenvalue weighted by Crippen LogP contribution is -2.58. The summed E-state index contributed by atoms with van der Waals surface area (Å²) < 4.78 is 13.8. The Balaban J connectivity index is 1.41. The Morgan fingerprint density at radius 2 is 1.64 bits per heavy atom. The van der Waals surface area contributed by atoms with Gasteiger partial charge in [-0.05, 0) is 68.3 Å². The van der Waals surface area contributed by atoms with Crippen molar-refractivity contribution in [1.82, 2.24) is 10.6 Å². The first-order chi connectivity index (χ1) is 13.4. The van der Waals surface area contributed by atoms with Crippen molar-refractivity contribution in [3.05, 3.63) is 35.6 Å². The molecule has 0 saturated heterocycles. The first-order valence-electron chi connectivity index (χ1n) is 10.7. The van der Waals surface area contributed by atoms with Gasteiger partial charge in [-0.15, -0.1) is 0 Å². The minimum absolute atomic E-state index is 0.0292. The average molecular weight is 387 g/mol. The molecule has 0 radical (unpaired) electrons. The molecule has 1 aromatic carbocycles. The molecule has 4 nitrogen and oxygen atoms in total. The van der Waals surface area contributed by atoms with Crippen LogP contribution in [0.25, 0.3) is 0 Å². The molecule has 0 heterocycles. The number of hydrogen-bond donors (Lipinski definition) is 2. The van der Waals surface area contributed by atoms with Gasteiger partial charge in [-0.3, -0.25) is 9.59 Å². The van der Waals surface area contributed by atoms with Gasteiger partial charge in [-0.25, -0.2) is 4.39 Å². The maximum Gasteiger partial charge on any atom is 0.243 e. The van der Waals surface area contributed by atoms with Crippen molar-refractivity contribution in [2.24, 2.45) is 29.1 Å². The van der Waals surface area contributed by atoms with Crippen LogP contribution in [0.5, 0.6) is 0 Å². The standard InChI is InChI=1S/C23H31FN2O2/c1-14(2)20(21(27)25-13-18-5-3-4-6-19(18)24)26-22(28)23-10-15-7-16(11-23)9-17(8-15)12-23/h3-6,14-17,20H,7-13H2,1-2H3,(H,25,27)(H,26,28)/t15?,16?,17?,20-,23?/m0/s1. The summed E-state index contributed by atoms with van der Waals surface area (Å²) in [7, 11) is 0. The summed E-state index contributed by atoms with van der Waals surface area (Å²) in [4.78, 5) is 26.1. The van der Waals surface area contributed by atoms with Gasteiger partial charge in [-0.2, -0.15) is 0 Å². The van der Waals surface area contributed by atoms with Crippen molar-refractivity contribution in [3.63, 3.8) is 0 Å². The summed E-state index contributed by atoms with van der Waals surface area (Å²) in [6, 6.07) is 5.83. The Kier molecular flexibility index (Phi) is 5.19. The fourth-order valence-corrected chi connectivity index (χ4v) is 6.15. The second-order valence-corrected chi connectivity index (χ2v) is 9.70. The number of benzene rings is 1. The summed E-state index contributed by atoms with van der Waals surface area (Å²) in [5, 5.41) is 5.89. The zero-order valence-corrected chi connectivity index (χ0v) is 16.8. The Morgan fingerprint density at radius 1 is 1.07 bits per heavy atom. The molecular formula is C23H31FN2O2. The molecule has 4 aliphatic rings. The Bertz CT molecular complexity index is 725. The molecule has 1 aromatic rings. The van der Waals surface area contributed by atoms with Gasteiger partial charge in [0.05, 0.1) is 0 Å². The molecule has 5 heteroatoms. The van der Waals surface area contributed by atoms with E-state index in [1.807, 2.05) is 13.8 Å². The fourth-order valence-electron chi connectivity index (χ4n) is 6.15.